The zero-order valence-electron chi connectivity index (χ0n) is 12.2. The molecule has 0 aliphatic carbocycles. The summed E-state index contributed by atoms with van der Waals surface area (Å²) in [6, 6.07) is 3.78. The second kappa shape index (κ2) is 7.29. The minimum atomic E-state index is -0.152. The Hall–Kier alpha value is -2.33. The van der Waals surface area contributed by atoms with E-state index in [1.54, 1.807) is 17.9 Å². The summed E-state index contributed by atoms with van der Waals surface area (Å²) in [6.07, 6.45) is 3.45. The summed E-state index contributed by atoms with van der Waals surface area (Å²) in [4.78, 5) is 16.0. The molecule has 0 unspecified atom stereocenters. The van der Waals surface area contributed by atoms with Gasteiger partial charge in [-0.15, -0.1) is 20.4 Å². The van der Waals surface area contributed by atoms with Gasteiger partial charge in [0.25, 0.3) is 0 Å². The molecule has 3 rings (SSSR count). The highest BCUT2D eigenvalue weighted by molar-refractivity contribution is 7.99. The number of rotatable bonds is 6. The van der Waals surface area contributed by atoms with Crippen LogP contribution in [0.15, 0.2) is 35.2 Å². The first-order valence-electron chi connectivity index (χ1n) is 6.80. The Kier molecular flexibility index (Phi) is 4.93. The number of carbonyl (C=O) groups is 1. The molecule has 0 aromatic carbocycles. The number of anilines is 1. The van der Waals surface area contributed by atoms with Gasteiger partial charge in [-0.05, 0) is 19.1 Å². The summed E-state index contributed by atoms with van der Waals surface area (Å²) in [6.45, 7) is 2.71. The third kappa shape index (κ3) is 3.71. The largest absolute Gasteiger partial charge is 0.302 e. The Labute approximate surface area is 140 Å². The van der Waals surface area contributed by atoms with Crippen LogP contribution >= 0.6 is 23.1 Å². The fourth-order valence-corrected chi connectivity index (χ4v) is 3.17. The van der Waals surface area contributed by atoms with Gasteiger partial charge in [-0.25, -0.2) is 0 Å². The van der Waals surface area contributed by atoms with Gasteiger partial charge in [0.1, 0.15) is 5.51 Å². The van der Waals surface area contributed by atoms with E-state index in [0.29, 0.717) is 16.8 Å². The van der Waals surface area contributed by atoms with Crippen LogP contribution in [0.3, 0.4) is 0 Å². The molecule has 1 amide bonds. The van der Waals surface area contributed by atoms with Crippen LogP contribution in [0.1, 0.15) is 6.92 Å². The Morgan fingerprint density at radius 1 is 1.39 bits per heavy atom. The molecule has 0 atom stereocenters. The Morgan fingerprint density at radius 2 is 2.30 bits per heavy atom. The quantitative estimate of drug-likeness (QED) is 0.680. The highest BCUT2D eigenvalue weighted by Gasteiger charge is 2.15. The lowest BCUT2D eigenvalue weighted by molar-refractivity contribution is -0.113. The third-order valence-corrected chi connectivity index (χ3v) is 4.46. The molecule has 23 heavy (non-hydrogen) atoms. The number of hydrogen-bond donors (Lipinski definition) is 1. The highest BCUT2D eigenvalue weighted by atomic mass is 32.2. The maximum atomic E-state index is 11.9. The molecule has 3 aromatic heterocycles. The Bertz CT molecular complexity index is 773. The minimum Gasteiger partial charge on any atom is -0.302 e. The molecule has 3 heterocycles. The number of nitrogens with zero attached hydrogens (tertiary/aromatic N) is 6. The maximum Gasteiger partial charge on any atom is 0.236 e. The molecule has 1 N–H and O–H groups in total. The lowest BCUT2D eigenvalue weighted by Gasteiger charge is -2.06. The molecule has 0 spiro atoms. The average Bonchev–Trinajstić information content (AvgIpc) is 3.22. The standard InChI is InChI=1S/C13H13N7OS2/c1-2-20-11(9-4-3-5-14-6-9)17-19-13(20)22-7-10(21)16-12-18-15-8-23-12/h3-6,8H,2,7H2,1H3,(H,16,18,21). The number of nitrogens with one attached hydrogen (secondary N) is 1. The van der Waals surface area contributed by atoms with E-state index in [1.807, 2.05) is 23.6 Å². The molecule has 8 nitrogen and oxygen atoms in total. The van der Waals surface area contributed by atoms with Gasteiger partial charge in [-0.1, -0.05) is 23.1 Å². The van der Waals surface area contributed by atoms with E-state index in [0.717, 1.165) is 11.4 Å². The van der Waals surface area contributed by atoms with E-state index in [2.05, 4.69) is 30.7 Å². The van der Waals surface area contributed by atoms with Crippen molar-refractivity contribution in [3.63, 3.8) is 0 Å². The lowest BCUT2D eigenvalue weighted by atomic mass is 10.3. The molecule has 0 bridgehead atoms. The fourth-order valence-electron chi connectivity index (χ4n) is 1.90. The Morgan fingerprint density at radius 3 is 3.00 bits per heavy atom. The van der Waals surface area contributed by atoms with Crippen molar-refractivity contribution in [3.05, 3.63) is 30.0 Å². The molecular weight excluding hydrogens is 334 g/mol. The van der Waals surface area contributed by atoms with E-state index >= 15 is 0 Å². The van der Waals surface area contributed by atoms with Gasteiger partial charge in [-0.3, -0.25) is 15.1 Å². The highest BCUT2D eigenvalue weighted by Crippen LogP contribution is 2.23. The van der Waals surface area contributed by atoms with Gasteiger partial charge in [-0.2, -0.15) is 0 Å². The predicted molar refractivity (Wildman–Crippen MR) is 88.2 cm³/mol. The summed E-state index contributed by atoms with van der Waals surface area (Å²) in [5.41, 5.74) is 2.46. The van der Waals surface area contributed by atoms with Crippen LogP contribution < -0.4 is 5.32 Å². The van der Waals surface area contributed by atoms with Gasteiger partial charge < -0.3 is 4.57 Å². The molecule has 3 aromatic rings. The Balaban J connectivity index is 1.69. The summed E-state index contributed by atoms with van der Waals surface area (Å²) >= 11 is 2.61. The van der Waals surface area contributed by atoms with Crippen LogP contribution in [0.2, 0.25) is 0 Å². The second-order valence-electron chi connectivity index (χ2n) is 4.37. The zero-order chi connectivity index (χ0) is 16.1. The van der Waals surface area contributed by atoms with Gasteiger partial charge in [0.05, 0.1) is 5.75 Å². The van der Waals surface area contributed by atoms with Crippen molar-refractivity contribution in [2.24, 2.45) is 0 Å². The van der Waals surface area contributed by atoms with Crippen molar-refractivity contribution in [3.8, 4) is 11.4 Å². The lowest BCUT2D eigenvalue weighted by Crippen LogP contribution is -2.14. The molecule has 0 radical (unpaired) electrons. The molecule has 0 aliphatic rings. The SMILES string of the molecule is CCn1c(SCC(=O)Nc2nncs2)nnc1-c1cccnc1. The first kappa shape index (κ1) is 15.6. The predicted octanol–water partition coefficient (Wildman–Crippen LogP) is 1.94. The summed E-state index contributed by atoms with van der Waals surface area (Å²) in [5.74, 6) is 0.818. The van der Waals surface area contributed by atoms with Crippen LogP contribution in [0.5, 0.6) is 0 Å². The second-order valence-corrected chi connectivity index (χ2v) is 6.15. The smallest absolute Gasteiger partial charge is 0.236 e. The molecule has 0 aliphatic heterocycles. The first-order chi connectivity index (χ1) is 11.3. The summed E-state index contributed by atoms with van der Waals surface area (Å²) in [7, 11) is 0. The van der Waals surface area contributed by atoms with Crippen LogP contribution in [-0.4, -0.2) is 41.6 Å². The molecule has 0 saturated heterocycles. The van der Waals surface area contributed by atoms with Gasteiger partial charge >= 0.3 is 0 Å². The van der Waals surface area contributed by atoms with Crippen LogP contribution in [0.25, 0.3) is 11.4 Å². The molecule has 118 valence electrons. The molecule has 0 saturated carbocycles. The monoisotopic (exact) mass is 347 g/mol. The number of carbonyl (C=O) groups excluding carboxylic acids is 1. The zero-order valence-corrected chi connectivity index (χ0v) is 13.8. The number of pyridine rings is 1. The van der Waals surface area contributed by atoms with Crippen molar-refractivity contribution in [2.45, 2.75) is 18.6 Å². The summed E-state index contributed by atoms with van der Waals surface area (Å²) < 4.78 is 1.96. The first-order valence-corrected chi connectivity index (χ1v) is 8.67. The normalized spacial score (nSPS) is 10.7. The van der Waals surface area contributed by atoms with E-state index in [-0.39, 0.29) is 11.7 Å². The van der Waals surface area contributed by atoms with Crippen LogP contribution in [-0.2, 0) is 11.3 Å². The number of hydrogen-bond acceptors (Lipinski definition) is 8. The van der Waals surface area contributed by atoms with Crippen molar-refractivity contribution >= 4 is 34.1 Å². The van der Waals surface area contributed by atoms with E-state index in [4.69, 9.17) is 0 Å². The molecule has 10 heteroatoms. The summed E-state index contributed by atoms with van der Waals surface area (Å²) in [5, 5.41) is 19.7. The third-order valence-electron chi connectivity index (χ3n) is 2.89. The number of amides is 1. The van der Waals surface area contributed by atoms with Crippen LogP contribution in [0, 0.1) is 0 Å². The fraction of sp³-hybridized carbons (Fsp3) is 0.231. The van der Waals surface area contributed by atoms with Crippen molar-refractivity contribution in [2.75, 3.05) is 11.1 Å². The van der Waals surface area contributed by atoms with Gasteiger partial charge in [0.15, 0.2) is 11.0 Å². The van der Waals surface area contributed by atoms with Gasteiger partial charge in [0.2, 0.25) is 11.0 Å². The van der Waals surface area contributed by atoms with Crippen LogP contribution in [0.4, 0.5) is 5.13 Å². The van der Waals surface area contributed by atoms with Crippen molar-refractivity contribution in [1.82, 2.24) is 29.9 Å². The molecule has 0 fully saturated rings. The van der Waals surface area contributed by atoms with Gasteiger partial charge in [0, 0.05) is 24.5 Å². The minimum absolute atomic E-state index is 0.152. The van der Waals surface area contributed by atoms with Crippen molar-refractivity contribution < 1.29 is 4.79 Å². The average molecular weight is 347 g/mol. The van der Waals surface area contributed by atoms with E-state index in [9.17, 15) is 4.79 Å². The molecular formula is C13H13N7OS2. The number of thioether (sulfide) groups is 1. The van der Waals surface area contributed by atoms with E-state index in [1.165, 1.54) is 23.1 Å². The number of aromatic nitrogens is 6. The van der Waals surface area contributed by atoms with Crippen molar-refractivity contribution in [1.29, 1.82) is 0 Å². The van der Waals surface area contributed by atoms with E-state index < -0.39 is 0 Å². The maximum absolute atomic E-state index is 11.9. The topological polar surface area (TPSA) is 98.5 Å².